The molecule has 0 aliphatic rings. The van der Waals surface area contributed by atoms with Gasteiger partial charge in [0, 0.05) is 18.0 Å². The van der Waals surface area contributed by atoms with Crippen molar-refractivity contribution in [3.8, 4) is 5.75 Å². The van der Waals surface area contributed by atoms with Crippen molar-refractivity contribution in [1.82, 2.24) is 4.90 Å². The predicted octanol–water partition coefficient (Wildman–Crippen LogP) is 3.71. The molecule has 0 aliphatic carbocycles. The summed E-state index contributed by atoms with van der Waals surface area (Å²) in [6.45, 7) is 7.03. The second kappa shape index (κ2) is 8.93. The summed E-state index contributed by atoms with van der Waals surface area (Å²) in [6.07, 6.45) is 0.600. The molecule has 0 aliphatic heterocycles. The van der Waals surface area contributed by atoms with Crippen molar-refractivity contribution in [2.75, 3.05) is 19.7 Å². The molecule has 1 aromatic carbocycles. The smallest absolute Gasteiger partial charge is 0.122 e. The molecule has 120 valence electrons. The number of aryl methyl sites for hydroxylation is 1. The van der Waals surface area contributed by atoms with E-state index >= 15 is 0 Å². The summed E-state index contributed by atoms with van der Waals surface area (Å²) < 4.78 is 5.74. The van der Waals surface area contributed by atoms with Crippen LogP contribution in [-0.2, 0) is 6.54 Å². The van der Waals surface area contributed by atoms with Gasteiger partial charge in [-0.1, -0.05) is 31.2 Å². The predicted molar refractivity (Wildman–Crippen MR) is 92.6 cm³/mol. The minimum absolute atomic E-state index is 0.329. The van der Waals surface area contributed by atoms with Crippen molar-refractivity contribution in [1.29, 1.82) is 0 Å². The lowest BCUT2D eigenvalue weighted by molar-refractivity contribution is 0.0657. The zero-order valence-electron chi connectivity index (χ0n) is 13.4. The van der Waals surface area contributed by atoms with Gasteiger partial charge < -0.3 is 9.84 Å². The fourth-order valence-electron chi connectivity index (χ4n) is 2.43. The van der Waals surface area contributed by atoms with Crippen LogP contribution in [0.3, 0.4) is 0 Å². The van der Waals surface area contributed by atoms with Gasteiger partial charge in [-0.15, -0.1) is 11.3 Å². The second-order valence-electron chi connectivity index (χ2n) is 5.54. The quantitative estimate of drug-likeness (QED) is 0.765. The average Bonchev–Trinajstić information content (AvgIpc) is 2.99. The van der Waals surface area contributed by atoms with Gasteiger partial charge in [0.1, 0.15) is 18.5 Å². The molecule has 0 unspecified atom stereocenters. The molecule has 0 bridgehead atoms. The van der Waals surface area contributed by atoms with E-state index in [1.807, 2.05) is 31.2 Å². The minimum Gasteiger partial charge on any atom is -0.491 e. The molecule has 0 fully saturated rings. The Balaban J connectivity index is 1.82. The monoisotopic (exact) mass is 319 g/mol. The van der Waals surface area contributed by atoms with Crippen LogP contribution in [0.1, 0.15) is 23.8 Å². The van der Waals surface area contributed by atoms with Gasteiger partial charge in [0.25, 0.3) is 0 Å². The van der Waals surface area contributed by atoms with E-state index in [-0.39, 0.29) is 0 Å². The van der Waals surface area contributed by atoms with E-state index in [4.69, 9.17) is 4.74 Å². The topological polar surface area (TPSA) is 32.7 Å². The summed E-state index contributed by atoms with van der Waals surface area (Å²) in [5.41, 5.74) is 1.10. The van der Waals surface area contributed by atoms with E-state index in [9.17, 15) is 5.11 Å². The van der Waals surface area contributed by atoms with E-state index in [1.165, 1.54) is 4.88 Å². The molecule has 0 spiro atoms. The van der Waals surface area contributed by atoms with Crippen LogP contribution >= 0.6 is 11.3 Å². The summed E-state index contributed by atoms with van der Waals surface area (Å²) in [5, 5.41) is 12.4. The van der Waals surface area contributed by atoms with Crippen molar-refractivity contribution in [2.24, 2.45) is 0 Å². The van der Waals surface area contributed by atoms with Crippen molar-refractivity contribution < 1.29 is 9.84 Å². The van der Waals surface area contributed by atoms with Gasteiger partial charge in [0.05, 0.1) is 0 Å². The van der Waals surface area contributed by atoms with Crippen LogP contribution in [0.4, 0.5) is 0 Å². The molecule has 0 amide bonds. The van der Waals surface area contributed by atoms with Gasteiger partial charge in [-0.2, -0.15) is 0 Å². The van der Waals surface area contributed by atoms with Crippen LogP contribution in [0.15, 0.2) is 41.8 Å². The maximum atomic E-state index is 10.3. The van der Waals surface area contributed by atoms with Crippen LogP contribution < -0.4 is 4.74 Å². The number of ether oxygens (including phenoxy) is 1. The highest BCUT2D eigenvalue weighted by Crippen LogP contribution is 2.17. The molecule has 1 atom stereocenters. The first kappa shape index (κ1) is 17.0. The van der Waals surface area contributed by atoms with Crippen LogP contribution in [0, 0.1) is 6.92 Å². The van der Waals surface area contributed by atoms with E-state index in [2.05, 4.69) is 29.3 Å². The Hall–Kier alpha value is -1.36. The summed E-state index contributed by atoms with van der Waals surface area (Å²) >= 11 is 1.76. The van der Waals surface area contributed by atoms with Gasteiger partial charge in [-0.25, -0.2) is 0 Å². The molecule has 1 N–H and O–H groups in total. The molecule has 2 rings (SSSR count). The fraction of sp³-hybridized carbons (Fsp3) is 0.444. The third-order valence-electron chi connectivity index (χ3n) is 3.49. The number of hydrogen-bond donors (Lipinski definition) is 1. The highest BCUT2D eigenvalue weighted by Gasteiger charge is 2.13. The zero-order chi connectivity index (χ0) is 15.8. The number of rotatable bonds is 9. The van der Waals surface area contributed by atoms with Crippen molar-refractivity contribution >= 4 is 11.3 Å². The van der Waals surface area contributed by atoms with Crippen molar-refractivity contribution in [3.05, 3.63) is 52.2 Å². The normalized spacial score (nSPS) is 12.5. The van der Waals surface area contributed by atoms with E-state index in [0.29, 0.717) is 13.2 Å². The molecule has 1 heterocycles. The Kier molecular flexibility index (Phi) is 6.90. The number of hydrogen-bond acceptors (Lipinski definition) is 4. The summed E-state index contributed by atoms with van der Waals surface area (Å²) in [7, 11) is 0. The molecule has 4 heteroatoms. The van der Waals surface area contributed by atoms with E-state index in [1.54, 1.807) is 11.3 Å². The zero-order valence-corrected chi connectivity index (χ0v) is 14.2. The molecular weight excluding hydrogens is 294 g/mol. The Morgan fingerprint density at radius 3 is 2.73 bits per heavy atom. The van der Waals surface area contributed by atoms with Gasteiger partial charge in [-0.3, -0.25) is 4.90 Å². The standard InChI is InChI=1S/C18H25NO2S/c1-3-10-19(13-17-8-6-11-22-17)12-16(20)14-21-18-9-5-4-7-15(18)2/h4-9,11,16,20H,3,10,12-14H2,1-2H3/t16-/m1/s1. The van der Waals surface area contributed by atoms with Gasteiger partial charge in [0.2, 0.25) is 0 Å². The molecule has 0 saturated heterocycles. The summed E-state index contributed by atoms with van der Waals surface area (Å²) in [6, 6.07) is 12.1. The lowest BCUT2D eigenvalue weighted by Crippen LogP contribution is -2.35. The number of aliphatic hydroxyl groups excluding tert-OH is 1. The molecule has 0 saturated carbocycles. The molecular formula is C18H25NO2S. The minimum atomic E-state index is -0.480. The second-order valence-corrected chi connectivity index (χ2v) is 6.58. The summed E-state index contributed by atoms with van der Waals surface area (Å²) in [4.78, 5) is 3.62. The average molecular weight is 319 g/mol. The number of aliphatic hydroxyl groups is 1. The third-order valence-corrected chi connectivity index (χ3v) is 4.35. The number of nitrogens with zero attached hydrogens (tertiary/aromatic N) is 1. The molecule has 2 aromatic rings. The largest absolute Gasteiger partial charge is 0.491 e. The fourth-order valence-corrected chi connectivity index (χ4v) is 3.18. The van der Waals surface area contributed by atoms with Gasteiger partial charge >= 0.3 is 0 Å². The highest BCUT2D eigenvalue weighted by molar-refractivity contribution is 7.09. The maximum absolute atomic E-state index is 10.3. The number of para-hydroxylation sites is 1. The van der Waals surface area contributed by atoms with Crippen LogP contribution in [-0.4, -0.2) is 35.8 Å². The lowest BCUT2D eigenvalue weighted by Gasteiger charge is -2.24. The van der Waals surface area contributed by atoms with Crippen molar-refractivity contribution in [2.45, 2.75) is 32.9 Å². The molecule has 1 aromatic heterocycles. The lowest BCUT2D eigenvalue weighted by atomic mass is 10.2. The Bertz CT molecular complexity index is 542. The third kappa shape index (κ3) is 5.44. The molecule has 0 radical (unpaired) electrons. The Morgan fingerprint density at radius 1 is 1.23 bits per heavy atom. The number of thiophene rings is 1. The highest BCUT2D eigenvalue weighted by atomic mass is 32.1. The van der Waals surface area contributed by atoms with E-state index < -0.39 is 6.10 Å². The van der Waals surface area contributed by atoms with Crippen LogP contribution in [0.2, 0.25) is 0 Å². The molecule has 22 heavy (non-hydrogen) atoms. The SMILES string of the molecule is CCCN(Cc1cccs1)C[C@@H](O)COc1ccccc1C. The van der Waals surface area contributed by atoms with Crippen molar-refractivity contribution in [3.63, 3.8) is 0 Å². The number of benzene rings is 1. The van der Waals surface area contributed by atoms with Gasteiger partial charge in [0.15, 0.2) is 0 Å². The molecule has 3 nitrogen and oxygen atoms in total. The Labute approximate surface area is 137 Å². The van der Waals surface area contributed by atoms with Crippen LogP contribution in [0.25, 0.3) is 0 Å². The van der Waals surface area contributed by atoms with Gasteiger partial charge in [-0.05, 0) is 43.0 Å². The summed E-state index contributed by atoms with van der Waals surface area (Å²) in [5.74, 6) is 0.849. The Morgan fingerprint density at radius 2 is 2.05 bits per heavy atom. The van der Waals surface area contributed by atoms with E-state index in [0.717, 1.165) is 30.8 Å². The first-order valence-corrected chi connectivity index (χ1v) is 8.68. The maximum Gasteiger partial charge on any atom is 0.122 e. The van der Waals surface area contributed by atoms with Crippen LogP contribution in [0.5, 0.6) is 5.75 Å². The first-order chi connectivity index (χ1) is 10.7. The first-order valence-electron chi connectivity index (χ1n) is 7.80.